The summed E-state index contributed by atoms with van der Waals surface area (Å²) in [7, 11) is -4.17. The summed E-state index contributed by atoms with van der Waals surface area (Å²) in [6.07, 6.45) is 5.57. The third kappa shape index (κ3) is 4.77. The Morgan fingerprint density at radius 1 is 1.13 bits per heavy atom. The molecule has 0 N–H and O–H groups in total. The summed E-state index contributed by atoms with van der Waals surface area (Å²) in [5, 5.41) is -0.213. The van der Waals surface area contributed by atoms with E-state index >= 15 is 0 Å². The van der Waals surface area contributed by atoms with E-state index in [1.54, 1.807) is 0 Å². The number of fused-ring (bicyclic) bond motifs is 1. The molecule has 1 aliphatic heterocycles. The molecule has 0 spiro atoms. The van der Waals surface area contributed by atoms with Crippen molar-refractivity contribution < 1.29 is 17.5 Å². The van der Waals surface area contributed by atoms with Gasteiger partial charge in [0.15, 0.2) is 5.82 Å². The van der Waals surface area contributed by atoms with Crippen molar-refractivity contribution in [2.45, 2.75) is 30.7 Å². The van der Waals surface area contributed by atoms with E-state index in [9.17, 15) is 12.8 Å². The summed E-state index contributed by atoms with van der Waals surface area (Å²) in [5.74, 6) is -0.620. The molecule has 164 valence electrons. The van der Waals surface area contributed by atoms with E-state index in [1.165, 1.54) is 22.5 Å². The van der Waals surface area contributed by atoms with Gasteiger partial charge >= 0.3 is 0 Å². The zero-order valence-electron chi connectivity index (χ0n) is 17.3. The minimum atomic E-state index is -4.17. The average molecular weight is 462 g/mol. The zero-order valence-corrected chi connectivity index (χ0v) is 18.9. The number of ether oxygens (including phenoxy) is 1. The molecule has 4 nitrogen and oxygen atoms in total. The standard InChI is InChI=1S/C24H25ClFNO3S/c1-17-10-11-19-15-30-16-21(13-18-6-3-2-4-7-18)27(14-20(19)12-17)31(28,29)23-9-5-8-22(25)24(23)26/h2-9,11-12,17,21H,10,13-16H2,1H3. The Kier molecular flexibility index (Phi) is 6.63. The Morgan fingerprint density at radius 3 is 2.68 bits per heavy atom. The maximum absolute atomic E-state index is 14.8. The van der Waals surface area contributed by atoms with Crippen molar-refractivity contribution >= 4 is 21.6 Å². The van der Waals surface area contributed by atoms with Crippen LogP contribution in [0.3, 0.4) is 0 Å². The third-order valence-corrected chi connectivity index (χ3v) is 7.96. The normalized spacial score (nSPS) is 22.7. The molecule has 2 aromatic rings. The molecule has 1 saturated heterocycles. The fourth-order valence-electron chi connectivity index (χ4n) is 4.11. The first-order valence-electron chi connectivity index (χ1n) is 10.3. The van der Waals surface area contributed by atoms with Gasteiger partial charge in [-0.1, -0.05) is 67.1 Å². The van der Waals surface area contributed by atoms with Crippen molar-refractivity contribution in [2.75, 3.05) is 19.8 Å². The van der Waals surface area contributed by atoms with E-state index in [4.69, 9.17) is 16.3 Å². The highest BCUT2D eigenvalue weighted by molar-refractivity contribution is 7.89. The molecule has 0 saturated carbocycles. The Balaban J connectivity index is 1.78. The first-order chi connectivity index (χ1) is 14.9. The molecule has 2 atom stereocenters. The minimum Gasteiger partial charge on any atom is -0.375 e. The number of hydrogen-bond acceptors (Lipinski definition) is 3. The molecule has 0 bridgehead atoms. The second-order valence-electron chi connectivity index (χ2n) is 8.10. The van der Waals surface area contributed by atoms with Gasteiger partial charge in [-0.2, -0.15) is 4.31 Å². The van der Waals surface area contributed by atoms with E-state index in [2.05, 4.69) is 19.1 Å². The van der Waals surface area contributed by atoms with Crippen LogP contribution in [0.5, 0.6) is 0 Å². The number of allylic oxidation sites excluding steroid dienone is 2. The number of hydrogen-bond donors (Lipinski definition) is 0. The molecule has 1 heterocycles. The second kappa shape index (κ2) is 9.25. The van der Waals surface area contributed by atoms with Gasteiger partial charge in [0, 0.05) is 6.54 Å². The van der Waals surface area contributed by atoms with Crippen molar-refractivity contribution in [2.24, 2.45) is 5.92 Å². The first-order valence-corrected chi connectivity index (χ1v) is 12.2. The van der Waals surface area contributed by atoms with Crippen LogP contribution in [0.25, 0.3) is 0 Å². The molecule has 7 heteroatoms. The molecule has 4 rings (SSSR count). The van der Waals surface area contributed by atoms with Gasteiger partial charge in [0.2, 0.25) is 10.0 Å². The Bertz CT molecular complexity index is 1110. The molecule has 2 unspecified atom stereocenters. The van der Waals surface area contributed by atoms with Gasteiger partial charge in [-0.05, 0) is 47.6 Å². The molecule has 0 amide bonds. The lowest BCUT2D eigenvalue weighted by Gasteiger charge is -2.35. The zero-order chi connectivity index (χ0) is 22.0. The van der Waals surface area contributed by atoms with Crippen LogP contribution in [0.4, 0.5) is 4.39 Å². The lowest BCUT2D eigenvalue weighted by atomic mass is 9.91. The van der Waals surface area contributed by atoms with Gasteiger partial charge in [-0.3, -0.25) is 0 Å². The quantitative estimate of drug-likeness (QED) is 0.643. The van der Waals surface area contributed by atoms with Crippen LogP contribution in [0.1, 0.15) is 18.9 Å². The monoisotopic (exact) mass is 461 g/mol. The highest BCUT2D eigenvalue weighted by Gasteiger charge is 2.36. The minimum absolute atomic E-state index is 0.172. The summed E-state index contributed by atoms with van der Waals surface area (Å²) in [4.78, 5) is -0.409. The van der Waals surface area contributed by atoms with Crippen LogP contribution in [0.2, 0.25) is 5.02 Å². The Morgan fingerprint density at radius 2 is 1.90 bits per heavy atom. The van der Waals surface area contributed by atoms with Gasteiger partial charge < -0.3 is 4.74 Å². The first kappa shape index (κ1) is 22.2. The van der Waals surface area contributed by atoms with Crippen LogP contribution < -0.4 is 0 Å². The van der Waals surface area contributed by atoms with Crippen molar-refractivity contribution in [1.82, 2.24) is 4.31 Å². The van der Waals surface area contributed by atoms with Crippen LogP contribution in [0, 0.1) is 11.7 Å². The number of nitrogens with zero attached hydrogens (tertiary/aromatic N) is 1. The average Bonchev–Trinajstić information content (AvgIpc) is 2.73. The highest BCUT2D eigenvalue weighted by Crippen LogP contribution is 2.32. The lowest BCUT2D eigenvalue weighted by molar-refractivity contribution is 0.0981. The van der Waals surface area contributed by atoms with Crippen LogP contribution in [-0.4, -0.2) is 38.5 Å². The largest absolute Gasteiger partial charge is 0.375 e. The van der Waals surface area contributed by atoms with Crippen LogP contribution in [0.15, 0.2) is 76.7 Å². The Labute approximate surface area is 188 Å². The van der Waals surface area contributed by atoms with Gasteiger partial charge in [0.25, 0.3) is 0 Å². The number of sulfonamides is 1. The maximum atomic E-state index is 14.8. The Hall–Kier alpha value is -1.99. The van der Waals surface area contributed by atoms with Crippen molar-refractivity contribution in [3.63, 3.8) is 0 Å². The van der Waals surface area contributed by atoms with Crippen molar-refractivity contribution in [3.05, 3.63) is 88.2 Å². The smallest absolute Gasteiger partial charge is 0.246 e. The summed E-state index contributed by atoms with van der Waals surface area (Å²) in [6.45, 7) is 2.93. The summed E-state index contributed by atoms with van der Waals surface area (Å²) in [6, 6.07) is 13.3. The van der Waals surface area contributed by atoms with Gasteiger partial charge in [-0.25, -0.2) is 12.8 Å². The van der Waals surface area contributed by atoms with Crippen LogP contribution in [-0.2, 0) is 21.2 Å². The lowest BCUT2D eigenvalue weighted by Crippen LogP contribution is -2.47. The van der Waals surface area contributed by atoms with E-state index in [1.807, 2.05) is 30.3 Å². The molecular weight excluding hydrogens is 437 g/mol. The van der Waals surface area contributed by atoms with E-state index in [0.29, 0.717) is 18.9 Å². The SMILES string of the molecule is CC1C=C2CN(S(=O)(=O)c3cccc(Cl)c3F)C(Cc3ccccc3)COCC2=CC1. The number of rotatable bonds is 4. The van der Waals surface area contributed by atoms with E-state index in [-0.39, 0.29) is 18.2 Å². The fourth-order valence-corrected chi connectivity index (χ4v) is 6.01. The summed E-state index contributed by atoms with van der Waals surface area (Å²) >= 11 is 5.91. The van der Waals surface area contributed by atoms with Gasteiger partial charge in [0.05, 0.1) is 24.3 Å². The van der Waals surface area contributed by atoms with Gasteiger partial charge in [0.1, 0.15) is 4.90 Å². The molecule has 31 heavy (non-hydrogen) atoms. The maximum Gasteiger partial charge on any atom is 0.246 e. The summed E-state index contributed by atoms with van der Waals surface area (Å²) in [5.41, 5.74) is 2.91. The predicted octanol–water partition coefficient (Wildman–Crippen LogP) is 5.00. The van der Waals surface area contributed by atoms with E-state index < -0.39 is 26.8 Å². The highest BCUT2D eigenvalue weighted by atomic mass is 35.5. The van der Waals surface area contributed by atoms with Gasteiger partial charge in [-0.15, -0.1) is 0 Å². The topological polar surface area (TPSA) is 46.6 Å². The molecule has 1 fully saturated rings. The molecule has 0 radical (unpaired) electrons. The van der Waals surface area contributed by atoms with Crippen molar-refractivity contribution in [1.29, 1.82) is 0 Å². The second-order valence-corrected chi connectivity index (χ2v) is 10.4. The fraction of sp³-hybridized carbons (Fsp3) is 0.333. The van der Waals surface area contributed by atoms with Crippen molar-refractivity contribution in [3.8, 4) is 0 Å². The molecule has 1 aliphatic carbocycles. The van der Waals surface area contributed by atoms with Crippen LogP contribution >= 0.6 is 11.6 Å². The summed E-state index contributed by atoms with van der Waals surface area (Å²) < 4.78 is 49.5. The molecule has 2 aliphatic rings. The van der Waals surface area contributed by atoms with E-state index in [0.717, 1.165) is 23.1 Å². The third-order valence-electron chi connectivity index (χ3n) is 5.75. The number of halogens is 2. The molecular formula is C24H25ClFNO3S. The molecule has 0 aromatic heterocycles. The predicted molar refractivity (Wildman–Crippen MR) is 120 cm³/mol. The number of benzene rings is 2. The molecule has 2 aromatic carbocycles.